The van der Waals surface area contributed by atoms with Gasteiger partial charge in [-0.3, -0.25) is 9.59 Å². The Morgan fingerprint density at radius 3 is 2.94 bits per heavy atom. The zero-order chi connectivity index (χ0) is 13.0. The highest BCUT2D eigenvalue weighted by molar-refractivity contribution is 7.09. The molecule has 0 fully saturated rings. The van der Waals surface area contributed by atoms with E-state index >= 15 is 0 Å². The molecule has 2 heterocycles. The third-order valence-electron chi connectivity index (χ3n) is 2.40. The zero-order valence-corrected chi connectivity index (χ0v) is 10.7. The van der Waals surface area contributed by atoms with Gasteiger partial charge in [0.1, 0.15) is 5.69 Å². The Morgan fingerprint density at radius 1 is 1.44 bits per heavy atom. The topological polar surface area (TPSA) is 64.0 Å². The second kappa shape index (κ2) is 5.59. The van der Waals surface area contributed by atoms with E-state index in [9.17, 15) is 9.59 Å². The molecule has 0 aromatic carbocycles. The lowest BCUT2D eigenvalue weighted by Crippen LogP contribution is -2.28. The highest BCUT2D eigenvalue weighted by Crippen LogP contribution is 2.07. The molecular formula is C12H13N3O2S. The Kier molecular flexibility index (Phi) is 3.88. The summed E-state index contributed by atoms with van der Waals surface area (Å²) in [5.74, 6) is -0.273. The third-order valence-corrected chi connectivity index (χ3v) is 3.28. The van der Waals surface area contributed by atoms with Crippen molar-refractivity contribution in [3.63, 3.8) is 0 Å². The molecule has 0 aliphatic heterocycles. The van der Waals surface area contributed by atoms with Gasteiger partial charge in [0, 0.05) is 17.5 Å². The van der Waals surface area contributed by atoms with Crippen molar-refractivity contribution < 1.29 is 4.79 Å². The standard InChI is InChI=1S/C12H13N3O2S/c1-2-15-11(16)6-5-10(14-15)12(17)13-8-9-4-3-7-18-9/h3-7H,2,8H2,1H3,(H,13,17). The van der Waals surface area contributed by atoms with E-state index in [2.05, 4.69) is 10.4 Å². The number of rotatable bonds is 4. The average molecular weight is 263 g/mol. The van der Waals surface area contributed by atoms with E-state index in [1.54, 1.807) is 11.3 Å². The number of hydrogen-bond donors (Lipinski definition) is 1. The summed E-state index contributed by atoms with van der Waals surface area (Å²) in [6.45, 7) is 2.73. The first-order chi connectivity index (χ1) is 8.70. The van der Waals surface area contributed by atoms with E-state index < -0.39 is 0 Å². The summed E-state index contributed by atoms with van der Waals surface area (Å²) in [5.41, 5.74) is 0.0558. The third kappa shape index (κ3) is 2.84. The van der Waals surface area contributed by atoms with E-state index in [-0.39, 0.29) is 17.2 Å². The molecule has 1 amide bonds. The molecule has 2 aromatic rings. The first kappa shape index (κ1) is 12.5. The number of hydrogen-bond acceptors (Lipinski definition) is 4. The van der Waals surface area contributed by atoms with Gasteiger partial charge >= 0.3 is 0 Å². The molecule has 5 nitrogen and oxygen atoms in total. The minimum Gasteiger partial charge on any atom is -0.346 e. The monoisotopic (exact) mass is 263 g/mol. The molecular weight excluding hydrogens is 250 g/mol. The summed E-state index contributed by atoms with van der Waals surface area (Å²) in [5, 5.41) is 8.71. The van der Waals surface area contributed by atoms with Crippen LogP contribution in [0, 0.1) is 0 Å². The van der Waals surface area contributed by atoms with Crippen LogP contribution in [0.15, 0.2) is 34.4 Å². The summed E-state index contributed by atoms with van der Waals surface area (Å²) in [6.07, 6.45) is 0. The quantitative estimate of drug-likeness (QED) is 0.903. The van der Waals surface area contributed by atoms with E-state index in [4.69, 9.17) is 0 Å². The van der Waals surface area contributed by atoms with Crippen LogP contribution in [0.2, 0.25) is 0 Å². The lowest BCUT2D eigenvalue weighted by molar-refractivity contribution is 0.0944. The molecule has 0 saturated carbocycles. The lowest BCUT2D eigenvalue weighted by Gasteiger charge is -2.05. The Balaban J connectivity index is 2.07. The van der Waals surface area contributed by atoms with Gasteiger partial charge in [-0.05, 0) is 24.4 Å². The van der Waals surface area contributed by atoms with Crippen LogP contribution in [0.4, 0.5) is 0 Å². The molecule has 0 saturated heterocycles. The maximum Gasteiger partial charge on any atom is 0.272 e. The van der Waals surface area contributed by atoms with Gasteiger partial charge in [0.2, 0.25) is 0 Å². The molecule has 1 N–H and O–H groups in total. The predicted molar refractivity (Wildman–Crippen MR) is 69.7 cm³/mol. The largest absolute Gasteiger partial charge is 0.346 e. The summed E-state index contributed by atoms with van der Waals surface area (Å²) in [7, 11) is 0. The van der Waals surface area contributed by atoms with Gasteiger partial charge in [-0.25, -0.2) is 4.68 Å². The van der Waals surface area contributed by atoms with Crippen molar-refractivity contribution in [1.82, 2.24) is 15.1 Å². The number of amides is 1. The molecule has 2 rings (SSSR count). The number of nitrogens with zero attached hydrogens (tertiary/aromatic N) is 2. The zero-order valence-electron chi connectivity index (χ0n) is 9.92. The number of aromatic nitrogens is 2. The summed E-state index contributed by atoms with van der Waals surface area (Å²) < 4.78 is 1.26. The number of nitrogens with one attached hydrogen (secondary N) is 1. The lowest BCUT2D eigenvalue weighted by atomic mass is 10.3. The van der Waals surface area contributed by atoms with Gasteiger partial charge in [0.05, 0.1) is 6.54 Å². The summed E-state index contributed by atoms with van der Waals surface area (Å²) in [6, 6.07) is 6.68. The van der Waals surface area contributed by atoms with Gasteiger partial charge in [-0.2, -0.15) is 5.10 Å². The second-order valence-electron chi connectivity index (χ2n) is 3.63. The molecule has 6 heteroatoms. The Bertz CT molecular complexity index is 590. The smallest absolute Gasteiger partial charge is 0.272 e. The van der Waals surface area contributed by atoms with Crippen molar-refractivity contribution >= 4 is 17.2 Å². The van der Waals surface area contributed by atoms with Crippen LogP contribution < -0.4 is 10.9 Å². The fourth-order valence-corrected chi connectivity index (χ4v) is 2.11. The van der Waals surface area contributed by atoms with Crippen molar-refractivity contribution in [3.05, 3.63) is 50.6 Å². The van der Waals surface area contributed by atoms with Crippen molar-refractivity contribution in [1.29, 1.82) is 0 Å². The number of carbonyl (C=O) groups excluding carboxylic acids is 1. The van der Waals surface area contributed by atoms with E-state index in [1.807, 2.05) is 24.4 Å². The molecule has 0 bridgehead atoms. The fourth-order valence-electron chi connectivity index (χ4n) is 1.47. The van der Waals surface area contributed by atoms with Gasteiger partial charge in [0.15, 0.2) is 0 Å². The SMILES string of the molecule is CCn1nc(C(=O)NCc2cccs2)ccc1=O. The molecule has 94 valence electrons. The summed E-state index contributed by atoms with van der Waals surface area (Å²) in [4.78, 5) is 24.3. The van der Waals surface area contributed by atoms with Crippen molar-refractivity contribution in [2.75, 3.05) is 0 Å². The maximum absolute atomic E-state index is 11.8. The molecule has 0 atom stereocenters. The van der Waals surface area contributed by atoms with Crippen molar-refractivity contribution in [2.24, 2.45) is 0 Å². The highest BCUT2D eigenvalue weighted by atomic mass is 32.1. The van der Waals surface area contributed by atoms with E-state index in [1.165, 1.54) is 16.8 Å². The highest BCUT2D eigenvalue weighted by Gasteiger charge is 2.08. The number of thiophene rings is 1. The van der Waals surface area contributed by atoms with E-state index in [0.29, 0.717) is 13.1 Å². The van der Waals surface area contributed by atoms with Crippen LogP contribution in [0.1, 0.15) is 22.3 Å². The van der Waals surface area contributed by atoms with Gasteiger partial charge in [-0.1, -0.05) is 6.07 Å². The molecule has 0 spiro atoms. The molecule has 2 aromatic heterocycles. The van der Waals surface area contributed by atoms with Crippen LogP contribution in [-0.2, 0) is 13.1 Å². The van der Waals surface area contributed by atoms with Crippen molar-refractivity contribution in [2.45, 2.75) is 20.0 Å². The van der Waals surface area contributed by atoms with Crippen LogP contribution in [0.25, 0.3) is 0 Å². The van der Waals surface area contributed by atoms with Crippen LogP contribution in [0.5, 0.6) is 0 Å². The Hall–Kier alpha value is -1.95. The van der Waals surface area contributed by atoms with Gasteiger partial charge in [-0.15, -0.1) is 11.3 Å². The maximum atomic E-state index is 11.8. The van der Waals surface area contributed by atoms with E-state index in [0.717, 1.165) is 4.88 Å². The second-order valence-corrected chi connectivity index (χ2v) is 4.67. The molecule has 0 aliphatic rings. The van der Waals surface area contributed by atoms with Gasteiger partial charge < -0.3 is 5.32 Å². The predicted octanol–water partition coefficient (Wildman–Crippen LogP) is 1.25. The minimum absolute atomic E-state index is 0.202. The van der Waals surface area contributed by atoms with Crippen LogP contribution >= 0.6 is 11.3 Å². The molecule has 0 radical (unpaired) electrons. The number of carbonyl (C=O) groups is 1. The minimum atomic E-state index is -0.273. The van der Waals surface area contributed by atoms with Crippen molar-refractivity contribution in [3.8, 4) is 0 Å². The van der Waals surface area contributed by atoms with Crippen LogP contribution in [-0.4, -0.2) is 15.7 Å². The normalized spacial score (nSPS) is 10.3. The number of aryl methyl sites for hydroxylation is 1. The Labute approximate surface area is 108 Å². The fraction of sp³-hybridized carbons (Fsp3) is 0.250. The molecule has 18 heavy (non-hydrogen) atoms. The average Bonchev–Trinajstić information content (AvgIpc) is 2.89. The Morgan fingerprint density at radius 2 is 2.28 bits per heavy atom. The van der Waals surface area contributed by atoms with Gasteiger partial charge in [0.25, 0.3) is 11.5 Å². The first-order valence-corrected chi connectivity index (χ1v) is 6.47. The first-order valence-electron chi connectivity index (χ1n) is 5.59. The molecule has 0 aliphatic carbocycles. The molecule has 0 unspecified atom stereocenters. The van der Waals surface area contributed by atoms with Crippen LogP contribution in [0.3, 0.4) is 0 Å². The summed E-state index contributed by atoms with van der Waals surface area (Å²) >= 11 is 1.58.